The molecule has 1 amide bonds. The van der Waals surface area contributed by atoms with Gasteiger partial charge in [0.25, 0.3) is 0 Å². The van der Waals surface area contributed by atoms with E-state index in [-0.39, 0.29) is 6.04 Å². The molecule has 0 radical (unpaired) electrons. The lowest BCUT2D eigenvalue weighted by Crippen LogP contribution is -2.27. The molecule has 0 fully saturated rings. The number of amides is 1. The number of fused-ring (bicyclic) bond motifs is 1. The lowest BCUT2D eigenvalue weighted by atomic mass is 10.1. The zero-order valence-electron chi connectivity index (χ0n) is 12.9. The molecule has 1 aromatic carbocycles. The van der Waals surface area contributed by atoms with Crippen molar-refractivity contribution in [1.82, 2.24) is 20.0 Å². The van der Waals surface area contributed by atoms with Gasteiger partial charge in [0.15, 0.2) is 0 Å². The Bertz CT molecular complexity index is 649. The maximum Gasteiger partial charge on any atom is 0.405 e. The second-order valence-corrected chi connectivity index (χ2v) is 6.65. The number of halogens is 1. The molecule has 0 bridgehead atoms. The van der Waals surface area contributed by atoms with Crippen molar-refractivity contribution in [2.45, 2.75) is 32.2 Å². The summed E-state index contributed by atoms with van der Waals surface area (Å²) in [5, 5.41) is 12.1. The lowest BCUT2D eigenvalue weighted by Gasteiger charge is -2.14. The van der Waals surface area contributed by atoms with E-state index < -0.39 is 6.09 Å². The fourth-order valence-corrected chi connectivity index (χ4v) is 3.04. The summed E-state index contributed by atoms with van der Waals surface area (Å²) in [6.07, 6.45) is 1.50. The Morgan fingerprint density at radius 1 is 1.48 bits per heavy atom. The lowest BCUT2D eigenvalue weighted by molar-refractivity contribution is 0.188. The molecule has 0 aliphatic carbocycles. The Balaban J connectivity index is 2.01. The average Bonchev–Trinajstić information content (AvgIpc) is 2.94. The number of hydrogen-bond donors (Lipinski definition) is 4. The van der Waals surface area contributed by atoms with Crippen molar-refractivity contribution in [3.05, 3.63) is 29.0 Å². The van der Waals surface area contributed by atoms with E-state index in [1.807, 2.05) is 12.1 Å². The van der Waals surface area contributed by atoms with Crippen molar-refractivity contribution in [2.75, 3.05) is 12.3 Å². The van der Waals surface area contributed by atoms with Gasteiger partial charge in [-0.1, -0.05) is 36.5 Å². The molecule has 4 N–H and O–H groups in total. The van der Waals surface area contributed by atoms with Crippen molar-refractivity contribution in [1.29, 1.82) is 0 Å². The third kappa shape index (κ3) is 5.30. The summed E-state index contributed by atoms with van der Waals surface area (Å²) in [6, 6.07) is 5.12. The Morgan fingerprint density at radius 2 is 2.30 bits per heavy atom. The highest BCUT2D eigenvalue weighted by Gasteiger charge is 2.18. The number of nitrogens with zero attached hydrogens (tertiary/aromatic N) is 1. The van der Waals surface area contributed by atoms with E-state index in [0.29, 0.717) is 22.8 Å². The van der Waals surface area contributed by atoms with Crippen molar-refractivity contribution >= 4 is 40.7 Å². The predicted molar refractivity (Wildman–Crippen MR) is 95.0 cm³/mol. The van der Waals surface area contributed by atoms with Gasteiger partial charge in [-0.05, 0) is 31.4 Å². The van der Waals surface area contributed by atoms with Crippen LogP contribution in [0.5, 0.6) is 0 Å². The number of aromatic amines is 1. The Hall–Kier alpha value is -1.44. The van der Waals surface area contributed by atoms with E-state index in [4.69, 9.17) is 16.7 Å². The number of unbranched alkanes of at least 4 members (excludes halogenated alkanes) is 1. The van der Waals surface area contributed by atoms with Crippen LogP contribution in [0.1, 0.15) is 38.1 Å². The number of aromatic nitrogens is 2. The normalized spacial score (nSPS) is 12.4. The minimum atomic E-state index is -1.05. The van der Waals surface area contributed by atoms with Crippen LogP contribution in [0.25, 0.3) is 11.0 Å². The molecule has 1 heterocycles. The number of hydrogen-bond acceptors (Lipinski definition) is 4. The minimum absolute atomic E-state index is 0.366. The number of H-pyrrole nitrogens is 1. The van der Waals surface area contributed by atoms with Gasteiger partial charge in [-0.2, -0.15) is 0 Å². The Morgan fingerprint density at radius 3 is 3.00 bits per heavy atom. The summed E-state index contributed by atoms with van der Waals surface area (Å²) in [5.74, 6) is 1.63. The molecule has 2 rings (SSSR count). The highest BCUT2D eigenvalue weighted by Crippen LogP contribution is 2.25. The zero-order chi connectivity index (χ0) is 16.7. The summed E-state index contributed by atoms with van der Waals surface area (Å²) in [4.78, 5) is 18.7. The first-order valence-electron chi connectivity index (χ1n) is 7.60. The minimum Gasteiger partial charge on any atom is -0.465 e. The molecule has 126 valence electrons. The van der Waals surface area contributed by atoms with Crippen LogP contribution < -0.4 is 10.0 Å². The molecule has 6 nitrogen and oxygen atoms in total. The first-order chi connectivity index (χ1) is 11.1. The van der Waals surface area contributed by atoms with Crippen molar-refractivity contribution in [3.63, 3.8) is 0 Å². The van der Waals surface area contributed by atoms with Crippen LogP contribution in [-0.4, -0.2) is 33.5 Å². The van der Waals surface area contributed by atoms with Gasteiger partial charge in [0.2, 0.25) is 0 Å². The van der Waals surface area contributed by atoms with E-state index in [1.54, 1.807) is 18.0 Å². The summed E-state index contributed by atoms with van der Waals surface area (Å²) in [5.41, 5.74) is 1.48. The monoisotopic (exact) mass is 356 g/mol. The highest BCUT2D eigenvalue weighted by atomic mass is 35.5. The fourth-order valence-electron chi connectivity index (χ4n) is 2.33. The van der Waals surface area contributed by atoms with Crippen molar-refractivity contribution in [2.24, 2.45) is 0 Å². The van der Waals surface area contributed by atoms with Crippen LogP contribution in [0.2, 0.25) is 5.02 Å². The quantitative estimate of drug-likeness (QED) is 0.403. The van der Waals surface area contributed by atoms with Gasteiger partial charge in [0.05, 0.1) is 16.6 Å². The van der Waals surface area contributed by atoms with Gasteiger partial charge in [-0.3, -0.25) is 4.72 Å². The average molecular weight is 357 g/mol. The van der Waals surface area contributed by atoms with Crippen LogP contribution in [-0.2, 0) is 0 Å². The molecule has 0 saturated heterocycles. The molecular weight excluding hydrogens is 336 g/mol. The van der Waals surface area contributed by atoms with Gasteiger partial charge < -0.3 is 15.4 Å². The Labute approximate surface area is 144 Å². The van der Waals surface area contributed by atoms with Crippen LogP contribution in [0.3, 0.4) is 0 Å². The largest absolute Gasteiger partial charge is 0.465 e. The summed E-state index contributed by atoms with van der Waals surface area (Å²) in [6.45, 7) is 3.00. The molecule has 0 saturated carbocycles. The van der Waals surface area contributed by atoms with Crippen LogP contribution in [0.4, 0.5) is 4.79 Å². The van der Waals surface area contributed by atoms with Gasteiger partial charge >= 0.3 is 6.09 Å². The molecule has 0 spiro atoms. The number of benzene rings is 1. The molecule has 0 aliphatic rings. The number of carbonyl (C=O) groups is 1. The predicted octanol–water partition coefficient (Wildman–Crippen LogP) is 3.95. The first kappa shape index (κ1) is 17.9. The topological polar surface area (TPSA) is 90.0 Å². The molecule has 1 aromatic heterocycles. The van der Waals surface area contributed by atoms with Crippen LogP contribution >= 0.6 is 23.5 Å². The van der Waals surface area contributed by atoms with E-state index in [9.17, 15) is 4.79 Å². The number of rotatable bonds is 9. The number of nitrogens with one attached hydrogen (secondary N) is 3. The maximum atomic E-state index is 11.0. The summed E-state index contributed by atoms with van der Waals surface area (Å²) >= 11 is 7.81. The molecule has 1 atom stereocenters. The second-order valence-electron chi connectivity index (χ2n) is 5.08. The van der Waals surface area contributed by atoms with E-state index in [0.717, 1.165) is 30.7 Å². The first-order valence-corrected chi connectivity index (χ1v) is 8.96. The second kappa shape index (κ2) is 9.00. The fraction of sp³-hybridized carbons (Fsp3) is 0.467. The van der Waals surface area contributed by atoms with E-state index >= 15 is 0 Å². The van der Waals surface area contributed by atoms with Gasteiger partial charge in [-0.15, -0.1) is 0 Å². The van der Waals surface area contributed by atoms with Gasteiger partial charge in [-0.25, -0.2) is 9.78 Å². The number of imidazole rings is 1. The van der Waals surface area contributed by atoms with Crippen LogP contribution in [0.15, 0.2) is 18.2 Å². The van der Waals surface area contributed by atoms with E-state index in [2.05, 4.69) is 26.9 Å². The van der Waals surface area contributed by atoms with Gasteiger partial charge in [0.1, 0.15) is 11.3 Å². The SMILES string of the molecule is CCSNCCCCC(NC(=O)O)c1nc2c(Cl)cccc2[nH]1. The van der Waals surface area contributed by atoms with Gasteiger partial charge in [0, 0.05) is 12.3 Å². The highest BCUT2D eigenvalue weighted by molar-refractivity contribution is 7.97. The molecule has 1 unspecified atom stereocenters. The smallest absolute Gasteiger partial charge is 0.405 e. The van der Waals surface area contributed by atoms with Crippen LogP contribution in [0, 0.1) is 0 Å². The number of carboxylic acid groups (broad SMARTS) is 1. The summed E-state index contributed by atoms with van der Waals surface area (Å²) in [7, 11) is 0. The molecule has 23 heavy (non-hydrogen) atoms. The molecule has 8 heteroatoms. The third-order valence-corrected chi connectivity index (χ3v) is 4.38. The van der Waals surface area contributed by atoms with Crippen molar-refractivity contribution in [3.8, 4) is 0 Å². The van der Waals surface area contributed by atoms with Crippen molar-refractivity contribution < 1.29 is 9.90 Å². The van der Waals surface area contributed by atoms with E-state index in [1.165, 1.54) is 0 Å². The number of para-hydroxylation sites is 1. The molecular formula is C15H21ClN4O2S. The third-order valence-electron chi connectivity index (χ3n) is 3.38. The Kier molecular flexibility index (Phi) is 7.01. The molecule has 0 aliphatic heterocycles. The standard InChI is InChI=1S/C15H21ClN4O2S/c1-2-23-17-9-4-3-7-12(19-15(21)22)14-18-11-8-5-6-10(16)13(11)20-14/h5-6,8,12,17,19H,2-4,7,9H2,1H3,(H,18,20)(H,21,22). The maximum absolute atomic E-state index is 11.0. The summed E-state index contributed by atoms with van der Waals surface area (Å²) < 4.78 is 3.26. The molecule has 2 aromatic rings. The zero-order valence-corrected chi connectivity index (χ0v) is 14.5.